The van der Waals surface area contributed by atoms with Crippen molar-refractivity contribution >= 4 is 40.2 Å². The van der Waals surface area contributed by atoms with Crippen molar-refractivity contribution in [3.05, 3.63) is 83.9 Å². The van der Waals surface area contributed by atoms with E-state index < -0.39 is 6.04 Å². The van der Waals surface area contributed by atoms with Crippen molar-refractivity contribution in [3.8, 4) is 11.5 Å². The molecular formula is C28H27N3O4S. The number of fused-ring (bicyclic) bond motifs is 3. The van der Waals surface area contributed by atoms with Gasteiger partial charge in [-0.05, 0) is 23.8 Å². The van der Waals surface area contributed by atoms with E-state index in [-0.39, 0.29) is 17.6 Å². The molecule has 36 heavy (non-hydrogen) atoms. The molecule has 0 radical (unpaired) electrons. The highest BCUT2D eigenvalue weighted by atomic mass is 32.2. The van der Waals surface area contributed by atoms with Gasteiger partial charge in [-0.2, -0.15) is 0 Å². The van der Waals surface area contributed by atoms with Crippen LogP contribution >= 0.6 is 11.8 Å². The fraction of sp³-hybridized carbons (Fsp3) is 0.214. The summed E-state index contributed by atoms with van der Waals surface area (Å²) in [4.78, 5) is 29.2. The van der Waals surface area contributed by atoms with E-state index in [1.807, 2.05) is 61.6 Å². The van der Waals surface area contributed by atoms with Crippen LogP contribution in [0.5, 0.6) is 11.5 Å². The van der Waals surface area contributed by atoms with Crippen molar-refractivity contribution in [1.82, 2.24) is 9.88 Å². The number of hydrogen-bond donors (Lipinski definition) is 1. The van der Waals surface area contributed by atoms with E-state index in [9.17, 15) is 9.59 Å². The predicted octanol–water partition coefficient (Wildman–Crippen LogP) is 4.69. The Bertz CT molecular complexity index is 1430. The van der Waals surface area contributed by atoms with Gasteiger partial charge in [0.05, 0.1) is 25.0 Å². The lowest BCUT2D eigenvalue weighted by Gasteiger charge is -2.30. The zero-order valence-electron chi connectivity index (χ0n) is 20.4. The highest BCUT2D eigenvalue weighted by Gasteiger charge is 2.40. The number of carbonyl (C=O) groups is 2. The largest absolute Gasteiger partial charge is 0.493 e. The second-order valence-corrected chi connectivity index (χ2v) is 9.46. The lowest BCUT2D eigenvalue weighted by atomic mass is 10.0. The van der Waals surface area contributed by atoms with Crippen LogP contribution in [0.2, 0.25) is 0 Å². The van der Waals surface area contributed by atoms with Crippen molar-refractivity contribution in [2.24, 2.45) is 7.05 Å². The first kappa shape index (κ1) is 23.8. The molecule has 1 atom stereocenters. The van der Waals surface area contributed by atoms with Gasteiger partial charge in [0.25, 0.3) is 0 Å². The number of methoxy groups -OCH3 is 2. The molecule has 0 fully saturated rings. The zero-order chi connectivity index (χ0) is 25.2. The van der Waals surface area contributed by atoms with Gasteiger partial charge in [0.15, 0.2) is 11.5 Å². The van der Waals surface area contributed by atoms with E-state index >= 15 is 0 Å². The first-order valence-corrected chi connectivity index (χ1v) is 12.6. The lowest BCUT2D eigenvalue weighted by molar-refractivity contribution is -0.125. The Labute approximate surface area is 214 Å². The number of aryl methyl sites for hydroxylation is 1. The van der Waals surface area contributed by atoms with Crippen LogP contribution in [0.4, 0.5) is 5.69 Å². The van der Waals surface area contributed by atoms with Crippen LogP contribution in [-0.2, 0) is 23.2 Å². The average Bonchev–Trinajstić information content (AvgIpc) is 3.09. The Morgan fingerprint density at radius 2 is 1.72 bits per heavy atom. The van der Waals surface area contributed by atoms with Gasteiger partial charge in [-0.15, -0.1) is 0 Å². The van der Waals surface area contributed by atoms with Crippen molar-refractivity contribution < 1.29 is 19.1 Å². The SMILES string of the molecule is COc1ccc(N2C(=O)CSc3c(c4ccccc4n3C)C2C(=O)NCc2ccccc2)cc1OC. The topological polar surface area (TPSA) is 72.8 Å². The molecule has 2 heterocycles. The number of benzene rings is 3. The third-order valence-electron chi connectivity index (χ3n) is 6.43. The van der Waals surface area contributed by atoms with E-state index in [1.54, 1.807) is 37.3 Å². The highest BCUT2D eigenvalue weighted by molar-refractivity contribution is 8.00. The summed E-state index contributed by atoms with van der Waals surface area (Å²) in [6, 6.07) is 22.1. The number of amides is 2. The molecule has 1 aliphatic heterocycles. The van der Waals surface area contributed by atoms with Crippen LogP contribution in [0.15, 0.2) is 77.8 Å². The number of aromatic nitrogens is 1. The third kappa shape index (κ3) is 4.18. The molecule has 2 amide bonds. The number of hydrogen-bond acceptors (Lipinski definition) is 5. The number of anilines is 1. The van der Waals surface area contributed by atoms with Gasteiger partial charge in [-0.1, -0.05) is 60.3 Å². The highest BCUT2D eigenvalue weighted by Crippen LogP contribution is 2.44. The molecule has 184 valence electrons. The number of carbonyl (C=O) groups excluding carboxylic acids is 2. The first-order valence-electron chi connectivity index (χ1n) is 11.6. The van der Waals surface area contributed by atoms with Crippen LogP contribution in [0.3, 0.4) is 0 Å². The summed E-state index contributed by atoms with van der Waals surface area (Å²) in [6.45, 7) is 0.359. The van der Waals surface area contributed by atoms with E-state index in [4.69, 9.17) is 9.47 Å². The Hall–Kier alpha value is -3.91. The second kappa shape index (κ2) is 9.99. The minimum Gasteiger partial charge on any atom is -0.493 e. The number of para-hydroxylation sites is 1. The molecule has 0 saturated heterocycles. The summed E-state index contributed by atoms with van der Waals surface area (Å²) < 4.78 is 13.0. The second-order valence-electron chi connectivity index (χ2n) is 8.49. The molecule has 5 rings (SSSR count). The molecule has 0 aliphatic carbocycles. The number of nitrogens with one attached hydrogen (secondary N) is 1. The van der Waals surface area contributed by atoms with E-state index in [2.05, 4.69) is 9.88 Å². The van der Waals surface area contributed by atoms with Gasteiger partial charge in [-0.25, -0.2) is 0 Å². The number of rotatable bonds is 6. The van der Waals surface area contributed by atoms with Crippen molar-refractivity contribution in [1.29, 1.82) is 0 Å². The van der Waals surface area contributed by atoms with Crippen molar-refractivity contribution in [2.45, 2.75) is 17.6 Å². The molecule has 3 aromatic carbocycles. The van der Waals surface area contributed by atoms with Gasteiger partial charge in [-0.3, -0.25) is 14.5 Å². The fourth-order valence-electron chi connectivity index (χ4n) is 4.71. The Kier molecular flexibility index (Phi) is 6.61. The van der Waals surface area contributed by atoms with Crippen molar-refractivity contribution in [3.63, 3.8) is 0 Å². The molecule has 8 heteroatoms. The summed E-state index contributed by atoms with van der Waals surface area (Å²) in [6.07, 6.45) is 0. The van der Waals surface area contributed by atoms with Gasteiger partial charge >= 0.3 is 0 Å². The summed E-state index contributed by atoms with van der Waals surface area (Å²) in [5.74, 6) is 0.832. The Morgan fingerprint density at radius 1 is 1.00 bits per heavy atom. The molecule has 4 aromatic rings. The normalized spacial score (nSPS) is 15.4. The lowest BCUT2D eigenvalue weighted by Crippen LogP contribution is -2.43. The van der Waals surface area contributed by atoms with Crippen LogP contribution in [0.25, 0.3) is 10.9 Å². The Balaban J connectivity index is 1.66. The van der Waals surface area contributed by atoms with E-state index in [0.717, 1.165) is 27.1 Å². The van der Waals surface area contributed by atoms with Gasteiger partial charge in [0.2, 0.25) is 11.8 Å². The summed E-state index contributed by atoms with van der Waals surface area (Å²) >= 11 is 1.46. The average molecular weight is 502 g/mol. The van der Waals surface area contributed by atoms with Crippen molar-refractivity contribution in [2.75, 3.05) is 24.9 Å². The minimum atomic E-state index is -0.865. The number of ether oxygens (including phenoxy) is 2. The molecule has 1 aromatic heterocycles. The molecule has 7 nitrogen and oxygen atoms in total. The maximum Gasteiger partial charge on any atom is 0.248 e. The van der Waals surface area contributed by atoms with Crippen LogP contribution in [0, 0.1) is 0 Å². The van der Waals surface area contributed by atoms with Gasteiger partial charge < -0.3 is 19.4 Å². The molecular weight excluding hydrogens is 474 g/mol. The molecule has 0 saturated carbocycles. The number of thioether (sulfide) groups is 1. The molecule has 0 spiro atoms. The smallest absolute Gasteiger partial charge is 0.248 e. The van der Waals surface area contributed by atoms with Crippen LogP contribution in [0.1, 0.15) is 17.2 Å². The molecule has 1 N–H and O–H groups in total. The first-order chi connectivity index (χ1) is 17.5. The molecule has 0 bridgehead atoms. The zero-order valence-corrected chi connectivity index (χ0v) is 21.2. The van der Waals surface area contributed by atoms with E-state index in [0.29, 0.717) is 23.7 Å². The quantitative estimate of drug-likeness (QED) is 0.415. The molecule has 1 unspecified atom stereocenters. The third-order valence-corrected chi connectivity index (χ3v) is 7.59. The summed E-state index contributed by atoms with van der Waals surface area (Å²) in [7, 11) is 5.09. The van der Waals surface area contributed by atoms with E-state index in [1.165, 1.54) is 11.8 Å². The van der Waals surface area contributed by atoms with Crippen LogP contribution < -0.4 is 19.7 Å². The number of nitrogens with zero attached hydrogens (tertiary/aromatic N) is 2. The fourth-order valence-corrected chi connectivity index (χ4v) is 5.78. The summed E-state index contributed by atoms with van der Waals surface area (Å²) in [5, 5.41) is 4.93. The standard InChI is InChI=1S/C28H27N3O4S/c1-30-21-12-8-7-11-20(21)25-26(27(33)29-16-18-9-5-4-6-10-18)31(24(32)17-36-28(25)30)19-13-14-22(34-2)23(15-19)35-3/h4-15,26H,16-17H2,1-3H3,(H,29,33). The predicted molar refractivity (Wildman–Crippen MR) is 142 cm³/mol. The minimum absolute atomic E-state index is 0.160. The molecule has 1 aliphatic rings. The maximum atomic E-state index is 14.0. The van der Waals surface area contributed by atoms with Gasteiger partial charge in [0, 0.05) is 41.8 Å². The van der Waals surface area contributed by atoms with Gasteiger partial charge in [0.1, 0.15) is 6.04 Å². The maximum absolute atomic E-state index is 14.0. The summed E-state index contributed by atoms with van der Waals surface area (Å²) in [5.41, 5.74) is 3.39. The Morgan fingerprint density at radius 3 is 2.47 bits per heavy atom. The monoisotopic (exact) mass is 501 g/mol. The van der Waals surface area contributed by atoms with Crippen LogP contribution in [-0.4, -0.2) is 36.4 Å².